The van der Waals surface area contributed by atoms with Crippen molar-refractivity contribution in [1.29, 1.82) is 5.41 Å². The molecule has 3 aromatic carbocycles. The molecule has 2 saturated heterocycles. The lowest BCUT2D eigenvalue weighted by Crippen LogP contribution is -2.60. The number of aromatic hydroxyl groups is 1. The summed E-state index contributed by atoms with van der Waals surface area (Å²) < 4.78 is 0. The molecule has 0 bridgehead atoms. The first-order valence-corrected chi connectivity index (χ1v) is 47.6. The maximum absolute atomic E-state index is 15.1. The van der Waals surface area contributed by atoms with Gasteiger partial charge in [-0.2, -0.15) is 0 Å². The van der Waals surface area contributed by atoms with E-state index in [1.807, 2.05) is 61.7 Å². The molecule has 24 N–H and O–H groups in total. The molecule has 5 heterocycles. The number of para-hydroxylation sites is 2. The van der Waals surface area contributed by atoms with Crippen LogP contribution in [0.1, 0.15) is 153 Å². The monoisotopic (exact) mass is 1920 g/mol. The van der Waals surface area contributed by atoms with Crippen molar-refractivity contribution in [3.63, 3.8) is 0 Å². The topological polar surface area (TPSA) is 642 Å². The first-order chi connectivity index (χ1) is 65.6. The third-order valence-electron chi connectivity index (χ3n) is 24.4. The van der Waals surface area contributed by atoms with Gasteiger partial charge in [0, 0.05) is 111 Å². The van der Waals surface area contributed by atoms with E-state index >= 15 is 4.79 Å². The number of likely N-dealkylation sites (tertiary alicyclic amines) is 2. The molecule has 1 unspecified atom stereocenters. The van der Waals surface area contributed by atoms with Gasteiger partial charge >= 0.3 is 0 Å². The number of phenolic OH excluding ortho intramolecular Hbond substituents is 1. The largest absolute Gasteiger partial charge is 0.508 e. The molecule has 0 saturated carbocycles. The number of benzene rings is 3. The summed E-state index contributed by atoms with van der Waals surface area (Å²) in [6.45, 7) is 5.37. The van der Waals surface area contributed by atoms with Gasteiger partial charge in [-0.25, -0.2) is 4.98 Å². The molecule has 137 heavy (non-hydrogen) atoms. The molecule has 17 amide bonds. The molecule has 0 radical (unpaired) electrons. The van der Waals surface area contributed by atoms with Gasteiger partial charge in [-0.3, -0.25) is 86.9 Å². The first-order valence-electron chi connectivity index (χ1n) is 46.4. The summed E-state index contributed by atoms with van der Waals surface area (Å²) in [5.74, 6) is -14.8. The Morgan fingerprint density at radius 2 is 1.04 bits per heavy atom. The third-order valence-corrected chi connectivity index (χ3v) is 25.4. The molecule has 0 spiro atoms. The lowest BCUT2D eigenvalue weighted by molar-refractivity contribution is -0.145. The molecule has 2 fully saturated rings. The lowest BCUT2D eigenvalue weighted by atomic mass is 10.0. The molecule has 2 aliphatic heterocycles. The zero-order valence-corrected chi connectivity index (χ0v) is 79.2. The summed E-state index contributed by atoms with van der Waals surface area (Å²) in [7, 11) is 4.55. The number of fused-ring (bicyclic) bond motifs is 2. The lowest BCUT2D eigenvalue weighted by Gasteiger charge is -2.32. The molecular formula is C93H131N25O18S. The molecular weight excluding hydrogens is 1790 g/mol. The average molecular weight is 1920 g/mol. The Labute approximate surface area is 797 Å². The van der Waals surface area contributed by atoms with Crippen LogP contribution in [0.4, 0.5) is 0 Å². The Morgan fingerprint density at radius 3 is 1.61 bits per heavy atom. The van der Waals surface area contributed by atoms with Crippen molar-refractivity contribution >= 4 is 140 Å². The van der Waals surface area contributed by atoms with Gasteiger partial charge in [0.2, 0.25) is 100 Å². The highest BCUT2D eigenvalue weighted by Crippen LogP contribution is 2.31. The van der Waals surface area contributed by atoms with E-state index in [4.69, 9.17) is 22.6 Å². The van der Waals surface area contributed by atoms with Gasteiger partial charge in [-0.15, -0.1) is 11.8 Å². The third kappa shape index (κ3) is 31.8. The van der Waals surface area contributed by atoms with Gasteiger partial charge in [0.05, 0.1) is 50.2 Å². The van der Waals surface area contributed by atoms with Crippen LogP contribution >= 0.6 is 11.8 Å². The number of nitrogens with zero attached hydrogens (tertiary/aromatic N) is 5. The van der Waals surface area contributed by atoms with Gasteiger partial charge in [0.25, 0.3) is 0 Å². The van der Waals surface area contributed by atoms with Crippen LogP contribution in [-0.4, -0.2) is 301 Å². The number of hydrogen-bond donors (Lipinski definition) is 21. The minimum atomic E-state index is -1.76. The normalized spacial score (nSPS) is 16.2. The summed E-state index contributed by atoms with van der Waals surface area (Å²) >= 11 is 0.803. The number of phenols is 1. The summed E-state index contributed by atoms with van der Waals surface area (Å²) in [5, 5.41) is 54.2. The van der Waals surface area contributed by atoms with Crippen LogP contribution in [-0.2, 0) is 107 Å². The molecule has 13 atom stereocenters. The Hall–Kier alpha value is -13.9. The van der Waals surface area contributed by atoms with Crippen molar-refractivity contribution in [3.8, 4) is 5.75 Å². The molecule has 3 aromatic heterocycles. The number of rotatable bonds is 56. The van der Waals surface area contributed by atoms with Crippen LogP contribution in [0, 0.1) is 5.41 Å². The number of primary amides is 2. The minimum absolute atomic E-state index is 0.0114. The Balaban J connectivity index is 0.852. The summed E-state index contributed by atoms with van der Waals surface area (Å²) in [5.41, 5.74) is 21.4. The van der Waals surface area contributed by atoms with Gasteiger partial charge in [0.1, 0.15) is 72.2 Å². The number of likely N-dealkylation sites (N-methyl/N-ethyl adjacent to an activating group) is 3. The Morgan fingerprint density at radius 1 is 0.518 bits per heavy atom. The smallest absolute Gasteiger partial charge is 0.246 e. The fourth-order valence-electron chi connectivity index (χ4n) is 16.7. The SMILES string of the molecule is CCCC[C@H](NC)C(=O)N[C@@H](CCCNC(=N)N)C(=O)NC(CSCC(=O)N[C@@H](Cc1ccc(O)cc1)C(=O)N(C)[C@@H](C)C(=O)N[C@@H](CC(N)=O)C(=O)N1CCC[C@H]1C(=O)N[C@@H](Cc1cnc[nH]1)C(=O)N[C@@H](CCC)C(=O)N1CCC[C@H]1C(=O)N[C@@H](Cc1c[nH]c2ccccc12)C(=O)NCC(=O)N[C@@H](Cc1c[nH]c2ccccc12)C(=O)N(C)[C@@H](CCCC)C1=CC1)C(=O)NCC(=O)NCC(N)=O. The van der Waals surface area contributed by atoms with E-state index in [2.05, 4.69) is 102 Å². The van der Waals surface area contributed by atoms with E-state index in [0.717, 1.165) is 86.6 Å². The number of nitrogens with two attached hydrogens (primary N) is 3. The molecule has 6 aromatic rings. The number of guanidine groups is 1. The maximum atomic E-state index is 15.1. The summed E-state index contributed by atoms with van der Waals surface area (Å²) in [6.07, 6.45) is 13.7. The maximum Gasteiger partial charge on any atom is 0.246 e. The van der Waals surface area contributed by atoms with Crippen LogP contribution in [0.5, 0.6) is 5.75 Å². The fraction of sp³-hybridized carbons (Fsp3) is 0.516. The zero-order valence-electron chi connectivity index (χ0n) is 78.4. The number of nitrogens with one attached hydrogen (secondary N) is 17. The number of unbranched alkanes of at least 4 members (excludes halogenated alkanes) is 2. The summed E-state index contributed by atoms with van der Waals surface area (Å²) in [4.78, 5) is 259. The number of carbonyl (C=O) groups excluding carboxylic acids is 17. The standard InChI is InChI=1S/C93H131N25O18S/c1-8-11-23-64(98-5)84(128)109-65(26-17-36-100-93(96)97)85(129)114-72(83(127)104-48-78(122)103-47-77(95)121)50-137-51-80(124)108-69(39-54-30-34-59(119)35-31-54)89(133)115(6)53(4)81(125)113-71(43-76(94)120)92(136)118-38-19-29-75(118)88(132)112-68(42-58-46-99-52-106-58)86(130)110-66(20-10-3)91(135)117-37-18-28-74(117)87(131)111-67(40-56-44-101-62-24-15-13-21-60(56)62)82(126)105-49-79(123)107-70(41-57-45-102-63-25-16-14-22-61(57)63)90(134)116(7)73(27-12-9-2)55-32-33-55/h13-16,21-22,24-25,30-32,34-35,44-46,52-53,64-75,98,101-102,119H,8-12,17-20,23,26-29,33,36-43,47-51H2,1-7H3,(H2,94,120)(H2,95,121)(H,99,106)(H,103,122)(H,104,127)(H,105,126)(H,107,123)(H,108,124)(H,109,128)(H,110,130)(H,111,131)(H,112,132)(H,113,125)(H,114,129)(H4,96,97,100)/t53-,64-,65-,66-,67-,68-,69-,70-,71-,72?,73-,74-,75-/m0/s1. The number of imidazole rings is 1. The van der Waals surface area contributed by atoms with Crippen molar-refractivity contribution in [2.45, 2.75) is 235 Å². The second-order valence-electron chi connectivity index (χ2n) is 34.6. The Bertz CT molecular complexity index is 5280. The van der Waals surface area contributed by atoms with E-state index in [0.29, 0.717) is 42.5 Å². The highest BCUT2D eigenvalue weighted by Gasteiger charge is 2.44. The Kier molecular flexibility index (Phi) is 41.1. The van der Waals surface area contributed by atoms with Crippen LogP contribution in [0.15, 0.2) is 109 Å². The highest BCUT2D eigenvalue weighted by molar-refractivity contribution is 8.00. The molecule has 44 heteroatoms. The minimum Gasteiger partial charge on any atom is -0.508 e. The zero-order chi connectivity index (χ0) is 99.5. The fourth-order valence-corrected chi connectivity index (χ4v) is 17.5. The number of carbonyl (C=O) groups is 17. The number of aromatic amines is 3. The van der Waals surface area contributed by atoms with E-state index in [9.17, 15) is 81.8 Å². The number of hydrogen-bond acceptors (Lipinski definition) is 22. The van der Waals surface area contributed by atoms with Crippen LogP contribution in [0.25, 0.3) is 21.8 Å². The van der Waals surface area contributed by atoms with Crippen molar-refractivity contribution in [2.24, 2.45) is 17.2 Å². The second-order valence-corrected chi connectivity index (χ2v) is 35.6. The summed E-state index contributed by atoms with van der Waals surface area (Å²) in [6, 6.07) is 4.59. The van der Waals surface area contributed by atoms with Crippen molar-refractivity contribution in [1.82, 2.24) is 109 Å². The molecule has 742 valence electrons. The van der Waals surface area contributed by atoms with Gasteiger partial charge in [0.15, 0.2) is 5.96 Å². The molecule has 43 nitrogen and oxygen atoms in total. The van der Waals surface area contributed by atoms with Crippen molar-refractivity contribution in [3.05, 3.63) is 132 Å². The van der Waals surface area contributed by atoms with E-state index in [1.165, 1.54) is 55.7 Å². The van der Waals surface area contributed by atoms with Crippen LogP contribution in [0.2, 0.25) is 0 Å². The average Bonchev–Trinajstić information content (AvgIpc) is 1.73. The number of amides is 17. The van der Waals surface area contributed by atoms with E-state index < -0.39 is 199 Å². The van der Waals surface area contributed by atoms with Crippen LogP contribution < -0.4 is 86.3 Å². The number of allylic oxidation sites excluding steroid dienone is 1. The number of thioether (sulfide) groups is 1. The number of H-pyrrole nitrogens is 3. The predicted octanol–water partition coefficient (Wildman–Crippen LogP) is -1.31. The molecule has 1 aliphatic carbocycles. The second kappa shape index (κ2) is 52.8. The van der Waals surface area contributed by atoms with Crippen LogP contribution in [0.3, 0.4) is 0 Å². The van der Waals surface area contributed by atoms with E-state index in [-0.39, 0.29) is 113 Å². The van der Waals surface area contributed by atoms with Gasteiger partial charge in [-0.05, 0) is 125 Å². The highest BCUT2D eigenvalue weighted by atomic mass is 32.2. The van der Waals surface area contributed by atoms with Gasteiger partial charge < -0.3 is 126 Å². The van der Waals surface area contributed by atoms with Gasteiger partial charge in [-0.1, -0.05) is 107 Å². The quantitative estimate of drug-likeness (QED) is 0.00912. The predicted molar refractivity (Wildman–Crippen MR) is 510 cm³/mol. The van der Waals surface area contributed by atoms with Crippen molar-refractivity contribution < 1.29 is 86.6 Å². The first kappa shape index (κ1) is 107. The molecule has 3 aliphatic rings. The number of aromatic nitrogens is 4. The molecule has 9 rings (SSSR count). The van der Waals surface area contributed by atoms with Crippen molar-refractivity contribution in [2.75, 3.05) is 71.9 Å². The van der Waals surface area contributed by atoms with E-state index in [1.54, 1.807) is 32.1 Å².